The molecule has 14 heavy (non-hydrogen) atoms. The minimum atomic E-state index is -2.49. The Balaban J connectivity index is 2.47. The van der Waals surface area contributed by atoms with Crippen LogP contribution in [-0.4, -0.2) is 56.6 Å². The van der Waals surface area contributed by atoms with Crippen molar-refractivity contribution in [3.8, 4) is 0 Å². The van der Waals surface area contributed by atoms with E-state index < -0.39 is 7.52 Å². The summed E-state index contributed by atoms with van der Waals surface area (Å²) in [7, 11) is 3.23. The summed E-state index contributed by atoms with van der Waals surface area (Å²) in [5, 5.41) is 0. The van der Waals surface area contributed by atoms with Crippen LogP contribution >= 0.6 is 7.52 Å². The van der Waals surface area contributed by atoms with Crippen LogP contribution in [0.25, 0.3) is 0 Å². The van der Waals surface area contributed by atoms with Crippen molar-refractivity contribution in [2.45, 2.75) is 18.9 Å². The van der Waals surface area contributed by atoms with E-state index in [1.54, 1.807) is 6.66 Å². The average Bonchev–Trinajstić information content (AvgIpc) is 2.18. The van der Waals surface area contributed by atoms with Crippen LogP contribution in [0.3, 0.4) is 0 Å². The molecule has 4 nitrogen and oxygen atoms in total. The monoisotopic (exact) mass is 220 g/mol. The second-order valence-corrected chi connectivity index (χ2v) is 6.67. The summed E-state index contributed by atoms with van der Waals surface area (Å²) in [6, 6.07) is 0.628. The highest BCUT2D eigenvalue weighted by molar-refractivity contribution is 7.55. The topological polar surface area (TPSA) is 32.8 Å². The maximum atomic E-state index is 11.9. The van der Waals surface area contributed by atoms with Crippen molar-refractivity contribution in [2.75, 3.05) is 41.0 Å². The van der Waals surface area contributed by atoms with E-state index in [1.807, 2.05) is 4.67 Å². The van der Waals surface area contributed by atoms with Gasteiger partial charge in [0.1, 0.15) is 0 Å². The molecule has 0 amide bonds. The first-order chi connectivity index (χ1) is 6.47. The van der Waals surface area contributed by atoms with Gasteiger partial charge in [0.15, 0.2) is 0 Å². The third-order valence-corrected chi connectivity index (χ3v) is 5.13. The van der Waals surface area contributed by atoms with E-state index in [9.17, 15) is 4.57 Å². The SMILES string of the molecule is COP(C)(=O)N1CCC(N(C)C)CC1. The predicted octanol–water partition coefficient (Wildman–Crippen LogP) is 1.48. The largest absolute Gasteiger partial charge is 0.321 e. The van der Waals surface area contributed by atoms with Crippen LogP contribution in [0.1, 0.15) is 12.8 Å². The maximum absolute atomic E-state index is 11.9. The first-order valence-corrected chi connectivity index (χ1v) is 7.05. The third kappa shape index (κ3) is 2.80. The highest BCUT2D eigenvalue weighted by Crippen LogP contribution is 2.47. The first-order valence-electron chi connectivity index (χ1n) is 5.02. The Kier molecular flexibility index (Phi) is 4.14. The maximum Gasteiger partial charge on any atom is 0.269 e. The number of hydrogen-bond acceptors (Lipinski definition) is 3. The quantitative estimate of drug-likeness (QED) is 0.674. The number of nitrogens with zero attached hydrogens (tertiary/aromatic N) is 2. The van der Waals surface area contributed by atoms with Gasteiger partial charge in [-0.25, -0.2) is 4.67 Å². The molecule has 0 aromatic carbocycles. The van der Waals surface area contributed by atoms with Gasteiger partial charge in [0.25, 0.3) is 7.52 Å². The third-order valence-electron chi connectivity index (χ3n) is 3.02. The van der Waals surface area contributed by atoms with Gasteiger partial charge in [0.05, 0.1) is 0 Å². The van der Waals surface area contributed by atoms with E-state index in [1.165, 1.54) is 7.11 Å². The summed E-state index contributed by atoms with van der Waals surface area (Å²) in [5.74, 6) is 0. The molecule has 0 aromatic heterocycles. The van der Waals surface area contributed by atoms with Crippen LogP contribution in [-0.2, 0) is 9.09 Å². The number of rotatable bonds is 3. The molecule has 0 radical (unpaired) electrons. The van der Waals surface area contributed by atoms with Crippen LogP contribution in [0.15, 0.2) is 0 Å². The molecule has 0 aromatic rings. The molecule has 5 heteroatoms. The fraction of sp³-hybridized carbons (Fsp3) is 1.00. The van der Waals surface area contributed by atoms with E-state index in [0.29, 0.717) is 6.04 Å². The van der Waals surface area contributed by atoms with Crippen molar-refractivity contribution in [3.05, 3.63) is 0 Å². The molecule has 0 spiro atoms. The molecule has 1 aliphatic rings. The van der Waals surface area contributed by atoms with Crippen molar-refractivity contribution >= 4 is 7.52 Å². The Bertz CT molecular complexity index is 225. The standard InChI is InChI=1S/C9H21N2O2P/c1-10(2)9-5-7-11(8-6-9)14(4,12)13-3/h9H,5-8H2,1-4H3. The van der Waals surface area contributed by atoms with Gasteiger partial charge in [-0.05, 0) is 26.9 Å². The van der Waals surface area contributed by atoms with Crippen molar-refractivity contribution in [2.24, 2.45) is 0 Å². The van der Waals surface area contributed by atoms with Crippen LogP contribution in [0.5, 0.6) is 0 Å². The second kappa shape index (κ2) is 4.75. The molecule has 0 N–H and O–H groups in total. The molecule has 0 aliphatic carbocycles. The summed E-state index contributed by atoms with van der Waals surface area (Å²) in [6.07, 6.45) is 2.16. The van der Waals surface area contributed by atoms with Crippen molar-refractivity contribution < 1.29 is 9.09 Å². The van der Waals surface area contributed by atoms with E-state index >= 15 is 0 Å². The minimum absolute atomic E-state index is 0.628. The fourth-order valence-corrected chi connectivity index (χ4v) is 3.04. The molecule has 1 fully saturated rings. The zero-order chi connectivity index (χ0) is 10.8. The minimum Gasteiger partial charge on any atom is -0.321 e. The van der Waals surface area contributed by atoms with Gasteiger partial charge in [-0.1, -0.05) is 0 Å². The van der Waals surface area contributed by atoms with Gasteiger partial charge in [0, 0.05) is 32.9 Å². The fourth-order valence-electron chi connectivity index (χ4n) is 1.85. The van der Waals surface area contributed by atoms with Crippen molar-refractivity contribution in [1.29, 1.82) is 0 Å². The zero-order valence-corrected chi connectivity index (χ0v) is 10.5. The smallest absolute Gasteiger partial charge is 0.269 e. The molecule has 1 rings (SSSR count). The Labute approximate surface area is 86.7 Å². The van der Waals surface area contributed by atoms with Gasteiger partial charge in [-0.2, -0.15) is 0 Å². The summed E-state index contributed by atoms with van der Waals surface area (Å²) < 4.78 is 18.9. The van der Waals surface area contributed by atoms with E-state index in [-0.39, 0.29) is 0 Å². The highest BCUT2D eigenvalue weighted by Gasteiger charge is 2.30. The molecular formula is C9H21N2O2P. The molecule has 1 atom stereocenters. The van der Waals surface area contributed by atoms with Crippen LogP contribution in [0.4, 0.5) is 0 Å². The number of hydrogen-bond donors (Lipinski definition) is 0. The van der Waals surface area contributed by atoms with Crippen LogP contribution in [0, 0.1) is 0 Å². The Morgan fingerprint density at radius 1 is 1.36 bits per heavy atom. The van der Waals surface area contributed by atoms with Crippen molar-refractivity contribution in [3.63, 3.8) is 0 Å². The molecule has 0 bridgehead atoms. The molecule has 1 saturated heterocycles. The molecule has 1 unspecified atom stereocenters. The molecule has 0 saturated carbocycles. The van der Waals surface area contributed by atoms with Crippen LogP contribution < -0.4 is 0 Å². The summed E-state index contributed by atoms with van der Waals surface area (Å²) in [6.45, 7) is 3.46. The van der Waals surface area contributed by atoms with E-state index in [4.69, 9.17) is 4.52 Å². The van der Waals surface area contributed by atoms with Gasteiger partial charge < -0.3 is 9.42 Å². The summed E-state index contributed by atoms with van der Waals surface area (Å²) >= 11 is 0. The summed E-state index contributed by atoms with van der Waals surface area (Å²) in [4.78, 5) is 2.24. The lowest BCUT2D eigenvalue weighted by Crippen LogP contribution is -2.40. The highest BCUT2D eigenvalue weighted by atomic mass is 31.2. The molecule has 84 valence electrons. The lowest BCUT2D eigenvalue weighted by atomic mass is 10.1. The predicted molar refractivity (Wildman–Crippen MR) is 58.8 cm³/mol. The van der Waals surface area contributed by atoms with Gasteiger partial charge >= 0.3 is 0 Å². The average molecular weight is 220 g/mol. The molecule has 1 heterocycles. The summed E-state index contributed by atoms with van der Waals surface area (Å²) in [5.41, 5.74) is 0. The molecule has 1 aliphatic heterocycles. The van der Waals surface area contributed by atoms with Crippen LogP contribution in [0.2, 0.25) is 0 Å². The Morgan fingerprint density at radius 3 is 2.21 bits per heavy atom. The molecular weight excluding hydrogens is 199 g/mol. The van der Waals surface area contributed by atoms with E-state index in [2.05, 4.69) is 19.0 Å². The lowest BCUT2D eigenvalue weighted by Gasteiger charge is -2.37. The lowest BCUT2D eigenvalue weighted by molar-refractivity contribution is 0.183. The second-order valence-electron chi connectivity index (χ2n) is 4.13. The Morgan fingerprint density at radius 2 is 1.86 bits per heavy atom. The number of piperidine rings is 1. The van der Waals surface area contributed by atoms with Gasteiger partial charge in [-0.15, -0.1) is 0 Å². The van der Waals surface area contributed by atoms with Crippen molar-refractivity contribution in [1.82, 2.24) is 9.57 Å². The normalized spacial score (nSPS) is 25.2. The first kappa shape index (κ1) is 12.2. The van der Waals surface area contributed by atoms with E-state index in [0.717, 1.165) is 25.9 Å². The zero-order valence-electron chi connectivity index (χ0n) is 9.56. The van der Waals surface area contributed by atoms with Gasteiger partial charge in [0.2, 0.25) is 0 Å². The van der Waals surface area contributed by atoms with Gasteiger partial charge in [-0.3, -0.25) is 4.57 Å². The Hall–Kier alpha value is 0.110.